The number of allylic oxidation sites excluding steroid dienone is 3. The molecule has 2 aliphatic carbocycles. The Morgan fingerprint density at radius 3 is 2.66 bits per heavy atom. The van der Waals surface area contributed by atoms with Gasteiger partial charge in [0.15, 0.2) is 0 Å². The molecule has 1 saturated carbocycles. The smallest absolute Gasteiger partial charge is 0.123 e. The molecule has 1 fully saturated rings. The molecule has 0 atom stereocenters. The molecule has 2 aromatic rings. The highest BCUT2D eigenvalue weighted by Gasteiger charge is 2.20. The Hall–Kier alpha value is -2.49. The molecule has 3 nitrogen and oxygen atoms in total. The van der Waals surface area contributed by atoms with E-state index < -0.39 is 0 Å². The SMILES string of the molecule is CCC1=Cc2c(cnn2-c2ccc(F)cc2)C(C(C)=NCC2CCCCC2)=CC1. The second-order valence-electron chi connectivity index (χ2n) is 8.24. The van der Waals surface area contributed by atoms with E-state index >= 15 is 0 Å². The minimum atomic E-state index is -0.233. The number of hydrogen-bond acceptors (Lipinski definition) is 2. The average Bonchev–Trinajstić information content (AvgIpc) is 3.06. The molecule has 29 heavy (non-hydrogen) atoms. The monoisotopic (exact) mass is 391 g/mol. The van der Waals surface area contributed by atoms with E-state index in [4.69, 9.17) is 4.99 Å². The van der Waals surface area contributed by atoms with Crippen LogP contribution in [0.5, 0.6) is 0 Å². The van der Waals surface area contributed by atoms with E-state index in [2.05, 4.69) is 31.1 Å². The van der Waals surface area contributed by atoms with Crippen molar-refractivity contribution in [3.05, 3.63) is 59.2 Å². The molecule has 0 spiro atoms. The van der Waals surface area contributed by atoms with Gasteiger partial charge in [-0.15, -0.1) is 0 Å². The number of aliphatic imine (C=N–C) groups is 1. The van der Waals surface area contributed by atoms with Gasteiger partial charge in [-0.05, 0) is 68.9 Å². The van der Waals surface area contributed by atoms with Crippen LogP contribution in [0.4, 0.5) is 4.39 Å². The summed E-state index contributed by atoms with van der Waals surface area (Å²) in [6.07, 6.45) is 15.1. The standard InChI is InChI=1S/C25H30FN3/c1-3-19-9-14-23(18(2)27-16-20-7-5-4-6-8-20)24-17-28-29(25(24)15-19)22-12-10-21(26)11-13-22/h10-15,17,20H,3-9,16H2,1-2H3. The molecule has 0 bridgehead atoms. The van der Waals surface area contributed by atoms with E-state index in [1.54, 1.807) is 12.1 Å². The van der Waals surface area contributed by atoms with Gasteiger partial charge >= 0.3 is 0 Å². The maximum absolute atomic E-state index is 13.4. The molecule has 1 aromatic carbocycles. The lowest BCUT2D eigenvalue weighted by molar-refractivity contribution is 0.367. The largest absolute Gasteiger partial charge is 0.289 e. The van der Waals surface area contributed by atoms with Crippen LogP contribution in [0, 0.1) is 11.7 Å². The van der Waals surface area contributed by atoms with Crippen LogP contribution in [-0.2, 0) is 0 Å². The normalized spacial score (nSPS) is 18.1. The first-order chi connectivity index (χ1) is 14.2. The Morgan fingerprint density at radius 1 is 1.17 bits per heavy atom. The van der Waals surface area contributed by atoms with Crippen LogP contribution in [0.25, 0.3) is 17.3 Å². The average molecular weight is 392 g/mol. The van der Waals surface area contributed by atoms with Gasteiger partial charge in [0.05, 0.1) is 17.6 Å². The van der Waals surface area contributed by atoms with Crippen LogP contribution in [0.1, 0.15) is 70.1 Å². The number of aromatic nitrogens is 2. The highest BCUT2D eigenvalue weighted by Crippen LogP contribution is 2.31. The lowest BCUT2D eigenvalue weighted by atomic mass is 9.89. The van der Waals surface area contributed by atoms with E-state index in [-0.39, 0.29) is 5.82 Å². The van der Waals surface area contributed by atoms with E-state index in [0.29, 0.717) is 0 Å². The summed E-state index contributed by atoms with van der Waals surface area (Å²) in [6.45, 7) is 5.25. The molecule has 1 aromatic heterocycles. The maximum atomic E-state index is 13.4. The van der Waals surface area contributed by atoms with Crippen molar-refractivity contribution in [1.82, 2.24) is 9.78 Å². The van der Waals surface area contributed by atoms with E-state index in [1.807, 2.05) is 10.9 Å². The topological polar surface area (TPSA) is 30.2 Å². The predicted octanol–water partition coefficient (Wildman–Crippen LogP) is 6.63. The number of hydrogen-bond donors (Lipinski definition) is 0. The third kappa shape index (κ3) is 4.42. The summed E-state index contributed by atoms with van der Waals surface area (Å²) >= 11 is 0. The summed E-state index contributed by atoms with van der Waals surface area (Å²) in [5.41, 5.74) is 6.69. The molecular formula is C25H30FN3. The Bertz CT molecular complexity index is 941. The first-order valence-electron chi connectivity index (χ1n) is 10.9. The van der Waals surface area contributed by atoms with Crippen LogP contribution in [0.2, 0.25) is 0 Å². The number of halogens is 1. The second kappa shape index (κ2) is 8.89. The molecule has 0 saturated heterocycles. The van der Waals surface area contributed by atoms with Crippen molar-refractivity contribution in [3.8, 4) is 5.69 Å². The predicted molar refractivity (Wildman–Crippen MR) is 119 cm³/mol. The number of fused-ring (bicyclic) bond motifs is 1. The Labute approximate surface area is 173 Å². The molecule has 0 N–H and O–H groups in total. The summed E-state index contributed by atoms with van der Waals surface area (Å²) in [4.78, 5) is 5.00. The second-order valence-corrected chi connectivity index (χ2v) is 8.24. The Morgan fingerprint density at radius 2 is 1.93 bits per heavy atom. The van der Waals surface area contributed by atoms with Gasteiger partial charge in [-0.25, -0.2) is 9.07 Å². The summed E-state index contributed by atoms with van der Waals surface area (Å²) in [7, 11) is 0. The minimum Gasteiger partial charge on any atom is -0.289 e. The summed E-state index contributed by atoms with van der Waals surface area (Å²) in [5.74, 6) is 0.499. The van der Waals surface area contributed by atoms with E-state index in [1.165, 1.54) is 55.4 Å². The Kier molecular flexibility index (Phi) is 6.08. The Balaban J connectivity index is 1.67. The van der Waals surface area contributed by atoms with Crippen LogP contribution in [-0.4, -0.2) is 22.0 Å². The fraction of sp³-hybridized carbons (Fsp3) is 0.440. The molecule has 4 heteroatoms. The first-order valence-corrected chi connectivity index (χ1v) is 10.9. The fourth-order valence-electron chi connectivity index (χ4n) is 4.40. The van der Waals surface area contributed by atoms with Crippen molar-refractivity contribution in [2.24, 2.45) is 10.9 Å². The number of benzene rings is 1. The molecule has 0 aliphatic heterocycles. The number of nitrogens with zero attached hydrogens (tertiary/aromatic N) is 3. The highest BCUT2D eigenvalue weighted by molar-refractivity contribution is 6.23. The zero-order chi connectivity index (χ0) is 20.2. The van der Waals surface area contributed by atoms with Crippen molar-refractivity contribution >= 4 is 17.4 Å². The van der Waals surface area contributed by atoms with Crippen LogP contribution < -0.4 is 0 Å². The third-order valence-electron chi connectivity index (χ3n) is 6.23. The maximum Gasteiger partial charge on any atom is 0.123 e. The minimum absolute atomic E-state index is 0.233. The fourth-order valence-corrected chi connectivity index (χ4v) is 4.40. The molecular weight excluding hydrogens is 361 g/mol. The molecule has 4 rings (SSSR count). The number of rotatable bonds is 5. The quantitative estimate of drug-likeness (QED) is 0.526. The summed E-state index contributed by atoms with van der Waals surface area (Å²) < 4.78 is 15.3. The lowest BCUT2D eigenvalue weighted by Crippen LogP contribution is -2.11. The third-order valence-corrected chi connectivity index (χ3v) is 6.23. The molecule has 152 valence electrons. The van der Waals surface area contributed by atoms with Crippen LogP contribution in [0.3, 0.4) is 0 Å². The highest BCUT2D eigenvalue weighted by atomic mass is 19.1. The zero-order valence-electron chi connectivity index (χ0n) is 17.5. The molecule has 0 radical (unpaired) electrons. The van der Waals surface area contributed by atoms with Gasteiger partial charge in [0.1, 0.15) is 5.82 Å². The first kappa shape index (κ1) is 19.8. The van der Waals surface area contributed by atoms with Crippen molar-refractivity contribution < 1.29 is 4.39 Å². The van der Waals surface area contributed by atoms with Gasteiger partial charge in [0, 0.05) is 23.4 Å². The summed E-state index contributed by atoms with van der Waals surface area (Å²) in [6, 6.07) is 6.52. The van der Waals surface area contributed by atoms with E-state index in [0.717, 1.165) is 48.0 Å². The molecule has 2 aliphatic rings. The summed E-state index contributed by atoms with van der Waals surface area (Å²) in [5, 5.41) is 4.64. The van der Waals surface area contributed by atoms with Crippen LogP contribution >= 0.6 is 0 Å². The van der Waals surface area contributed by atoms with Gasteiger partial charge in [0.2, 0.25) is 0 Å². The van der Waals surface area contributed by atoms with Crippen LogP contribution in [0.15, 0.2) is 47.1 Å². The van der Waals surface area contributed by atoms with Crippen molar-refractivity contribution in [3.63, 3.8) is 0 Å². The molecule has 1 heterocycles. The molecule has 0 amide bonds. The van der Waals surface area contributed by atoms with Gasteiger partial charge in [-0.1, -0.05) is 37.8 Å². The van der Waals surface area contributed by atoms with Gasteiger partial charge in [0.25, 0.3) is 0 Å². The zero-order valence-corrected chi connectivity index (χ0v) is 17.5. The van der Waals surface area contributed by atoms with Gasteiger partial charge in [-0.3, -0.25) is 4.99 Å². The van der Waals surface area contributed by atoms with Crippen molar-refractivity contribution in [1.29, 1.82) is 0 Å². The molecule has 0 unspecified atom stereocenters. The van der Waals surface area contributed by atoms with Gasteiger partial charge in [-0.2, -0.15) is 5.10 Å². The lowest BCUT2D eigenvalue weighted by Gasteiger charge is -2.20. The van der Waals surface area contributed by atoms with Gasteiger partial charge < -0.3 is 0 Å². The van der Waals surface area contributed by atoms with Crippen molar-refractivity contribution in [2.75, 3.05) is 6.54 Å². The van der Waals surface area contributed by atoms with E-state index in [9.17, 15) is 4.39 Å². The van der Waals surface area contributed by atoms with Crippen molar-refractivity contribution in [2.45, 2.75) is 58.8 Å².